The summed E-state index contributed by atoms with van der Waals surface area (Å²) in [7, 11) is 0. The predicted molar refractivity (Wildman–Crippen MR) is 73.5 cm³/mol. The van der Waals surface area contributed by atoms with Gasteiger partial charge in [-0.2, -0.15) is 13.2 Å². The van der Waals surface area contributed by atoms with E-state index in [1.165, 1.54) is 16.7 Å². The quantitative estimate of drug-likeness (QED) is 0.848. The second kappa shape index (κ2) is 5.98. The van der Waals surface area contributed by atoms with Gasteiger partial charge in [0.25, 0.3) is 0 Å². The molecule has 0 bridgehead atoms. The van der Waals surface area contributed by atoms with E-state index in [1.54, 1.807) is 20.8 Å². The van der Waals surface area contributed by atoms with Crippen LogP contribution in [0.2, 0.25) is 0 Å². The summed E-state index contributed by atoms with van der Waals surface area (Å²) >= 11 is 1.18. The van der Waals surface area contributed by atoms with E-state index in [2.05, 4.69) is 10.2 Å². The van der Waals surface area contributed by atoms with Crippen molar-refractivity contribution < 1.29 is 22.7 Å². The number of rotatable bonds is 3. The molecule has 10 heteroatoms. The molecule has 0 unspecified atom stereocenters. The molecule has 2 heterocycles. The minimum atomic E-state index is -4.32. The van der Waals surface area contributed by atoms with Crippen LogP contribution in [0.4, 0.5) is 18.0 Å². The van der Waals surface area contributed by atoms with Crippen LogP contribution in [0.25, 0.3) is 0 Å². The van der Waals surface area contributed by atoms with Crippen LogP contribution >= 0.6 is 11.8 Å². The van der Waals surface area contributed by atoms with Gasteiger partial charge < -0.3 is 9.64 Å². The molecule has 0 aromatic carbocycles. The average molecular weight is 338 g/mol. The molecule has 0 N–H and O–H groups in total. The molecular formula is C12H17F3N4O2S. The number of alkyl halides is 3. The summed E-state index contributed by atoms with van der Waals surface area (Å²) < 4.78 is 43.4. The van der Waals surface area contributed by atoms with Crippen LogP contribution in [-0.2, 0) is 11.3 Å². The third kappa shape index (κ3) is 4.79. The topological polar surface area (TPSA) is 60.2 Å². The van der Waals surface area contributed by atoms with E-state index in [1.807, 2.05) is 0 Å². The van der Waals surface area contributed by atoms with Gasteiger partial charge in [-0.05, 0) is 20.8 Å². The number of hydrogen-bond acceptors (Lipinski definition) is 5. The molecule has 1 aliphatic rings. The van der Waals surface area contributed by atoms with Crippen LogP contribution in [0.3, 0.4) is 0 Å². The van der Waals surface area contributed by atoms with Crippen molar-refractivity contribution in [1.82, 2.24) is 19.7 Å². The largest absolute Gasteiger partial charge is 0.444 e. The van der Waals surface area contributed by atoms with Crippen LogP contribution in [0.1, 0.15) is 20.8 Å². The number of halogens is 3. The lowest BCUT2D eigenvalue weighted by molar-refractivity contribution is -0.142. The molecule has 2 rings (SSSR count). The van der Waals surface area contributed by atoms with E-state index >= 15 is 0 Å². The summed E-state index contributed by atoms with van der Waals surface area (Å²) in [4.78, 5) is 13.3. The molecular weight excluding hydrogens is 321 g/mol. The standard InChI is InChI=1S/C12H17F3N4O2S/c1-11(2,3)21-10(20)18-4-8(5-18)22-9-17-16-7-19(9)6-12(13,14)15/h7-8H,4-6H2,1-3H3. The lowest BCUT2D eigenvalue weighted by atomic mass is 10.2. The lowest BCUT2D eigenvalue weighted by Gasteiger charge is -2.38. The number of nitrogens with zero attached hydrogens (tertiary/aromatic N) is 4. The van der Waals surface area contributed by atoms with E-state index in [0.29, 0.717) is 13.1 Å². The summed E-state index contributed by atoms with van der Waals surface area (Å²) in [6.45, 7) is 5.03. The van der Waals surface area contributed by atoms with E-state index in [-0.39, 0.29) is 10.4 Å². The maximum absolute atomic E-state index is 12.4. The fourth-order valence-corrected chi connectivity index (χ4v) is 2.92. The highest BCUT2D eigenvalue weighted by atomic mass is 32.2. The fourth-order valence-electron chi connectivity index (χ4n) is 1.77. The van der Waals surface area contributed by atoms with Gasteiger partial charge >= 0.3 is 12.3 Å². The normalized spacial score (nSPS) is 16.5. The molecule has 0 radical (unpaired) electrons. The van der Waals surface area contributed by atoms with Gasteiger partial charge in [0.2, 0.25) is 0 Å². The summed E-state index contributed by atoms with van der Waals surface area (Å²) in [5, 5.41) is 7.39. The van der Waals surface area contributed by atoms with Crippen molar-refractivity contribution in [2.45, 2.75) is 49.5 Å². The van der Waals surface area contributed by atoms with Gasteiger partial charge in [-0.3, -0.25) is 4.57 Å². The summed E-state index contributed by atoms with van der Waals surface area (Å²) in [5.41, 5.74) is -0.567. The summed E-state index contributed by atoms with van der Waals surface area (Å²) in [5.74, 6) is 0. The monoisotopic (exact) mass is 338 g/mol. The Morgan fingerprint density at radius 3 is 2.59 bits per heavy atom. The molecule has 0 atom stereocenters. The SMILES string of the molecule is CC(C)(C)OC(=O)N1CC(Sc2nncn2CC(F)(F)F)C1. The highest BCUT2D eigenvalue weighted by Gasteiger charge is 2.36. The van der Waals surface area contributed by atoms with Crippen LogP contribution < -0.4 is 0 Å². The van der Waals surface area contributed by atoms with Crippen LogP contribution in [0.15, 0.2) is 11.5 Å². The molecule has 1 amide bonds. The second-order valence-corrected chi connectivity index (χ2v) is 7.25. The zero-order valence-electron chi connectivity index (χ0n) is 12.4. The first kappa shape index (κ1) is 16.9. The summed E-state index contributed by atoms with van der Waals surface area (Å²) in [6.07, 6.45) is -3.68. The first-order valence-corrected chi connectivity index (χ1v) is 7.50. The first-order valence-electron chi connectivity index (χ1n) is 6.63. The highest BCUT2D eigenvalue weighted by Crippen LogP contribution is 2.30. The van der Waals surface area contributed by atoms with E-state index < -0.39 is 24.4 Å². The minimum Gasteiger partial charge on any atom is -0.444 e. The number of hydrogen-bond donors (Lipinski definition) is 0. The number of amides is 1. The van der Waals surface area contributed by atoms with Gasteiger partial charge in [0.15, 0.2) is 5.16 Å². The van der Waals surface area contributed by atoms with Crippen LogP contribution in [0.5, 0.6) is 0 Å². The molecule has 0 saturated carbocycles. The van der Waals surface area contributed by atoms with E-state index in [4.69, 9.17) is 4.74 Å². The van der Waals surface area contributed by atoms with Gasteiger partial charge in [-0.15, -0.1) is 10.2 Å². The van der Waals surface area contributed by atoms with Crippen molar-refractivity contribution >= 4 is 17.9 Å². The van der Waals surface area contributed by atoms with Crippen LogP contribution in [-0.4, -0.2) is 55.9 Å². The zero-order chi connectivity index (χ0) is 16.5. The Morgan fingerprint density at radius 1 is 1.41 bits per heavy atom. The smallest absolute Gasteiger partial charge is 0.410 e. The number of likely N-dealkylation sites (tertiary alicyclic amines) is 1. The Bertz CT molecular complexity index is 535. The number of carbonyl (C=O) groups is 1. The molecule has 1 aromatic rings. The fraction of sp³-hybridized carbons (Fsp3) is 0.750. The molecule has 1 fully saturated rings. The van der Waals surface area contributed by atoms with Gasteiger partial charge in [0.05, 0.1) is 0 Å². The molecule has 124 valence electrons. The molecule has 0 spiro atoms. The number of carbonyl (C=O) groups excluding carboxylic acids is 1. The Hall–Kier alpha value is -1.45. The molecule has 1 aromatic heterocycles. The average Bonchev–Trinajstić information content (AvgIpc) is 2.64. The molecule has 6 nitrogen and oxygen atoms in total. The number of thioether (sulfide) groups is 1. The van der Waals surface area contributed by atoms with Gasteiger partial charge in [0, 0.05) is 18.3 Å². The Morgan fingerprint density at radius 2 is 2.05 bits per heavy atom. The van der Waals surface area contributed by atoms with Crippen molar-refractivity contribution in [1.29, 1.82) is 0 Å². The third-order valence-corrected chi connectivity index (χ3v) is 3.86. The minimum absolute atomic E-state index is 0.0105. The molecule has 22 heavy (non-hydrogen) atoms. The second-order valence-electron chi connectivity index (χ2n) is 5.98. The van der Waals surface area contributed by atoms with Gasteiger partial charge in [-0.25, -0.2) is 4.79 Å². The van der Waals surface area contributed by atoms with Crippen LogP contribution in [0, 0.1) is 0 Å². The predicted octanol–water partition coefficient (Wildman–Crippen LogP) is 2.55. The maximum Gasteiger partial charge on any atom is 0.410 e. The zero-order valence-corrected chi connectivity index (χ0v) is 13.2. The Balaban J connectivity index is 1.83. The van der Waals surface area contributed by atoms with Gasteiger partial charge in [0.1, 0.15) is 18.5 Å². The Labute approximate surface area is 130 Å². The summed E-state index contributed by atoms with van der Waals surface area (Å²) in [6, 6.07) is 0. The van der Waals surface area contributed by atoms with Crippen molar-refractivity contribution in [3.63, 3.8) is 0 Å². The lowest BCUT2D eigenvalue weighted by Crippen LogP contribution is -2.53. The Kier molecular flexibility index (Phi) is 4.59. The van der Waals surface area contributed by atoms with Crippen molar-refractivity contribution in [3.05, 3.63) is 6.33 Å². The van der Waals surface area contributed by atoms with Crippen molar-refractivity contribution in [2.24, 2.45) is 0 Å². The molecule has 0 aliphatic carbocycles. The number of ether oxygens (including phenoxy) is 1. The van der Waals surface area contributed by atoms with E-state index in [9.17, 15) is 18.0 Å². The maximum atomic E-state index is 12.4. The third-order valence-electron chi connectivity index (χ3n) is 2.70. The molecule has 1 aliphatic heterocycles. The van der Waals surface area contributed by atoms with E-state index in [0.717, 1.165) is 10.9 Å². The van der Waals surface area contributed by atoms with Crippen molar-refractivity contribution in [3.8, 4) is 0 Å². The van der Waals surface area contributed by atoms with Gasteiger partial charge in [-0.1, -0.05) is 11.8 Å². The van der Waals surface area contributed by atoms with Crippen molar-refractivity contribution in [2.75, 3.05) is 13.1 Å². The number of aromatic nitrogens is 3. The first-order chi connectivity index (χ1) is 10.0. The molecule has 1 saturated heterocycles. The highest BCUT2D eigenvalue weighted by molar-refractivity contribution is 7.99.